The lowest BCUT2D eigenvalue weighted by molar-refractivity contribution is -0.308. The van der Waals surface area contributed by atoms with E-state index in [1.54, 1.807) is 62.7 Å². The van der Waals surface area contributed by atoms with E-state index >= 15 is 4.79 Å². The maximum Gasteiger partial charge on any atom is 0.425 e. The molecule has 1 amide bonds. The zero-order chi connectivity index (χ0) is 45.3. The number of morpholine rings is 1. The molecule has 6 rings (SSSR count). The van der Waals surface area contributed by atoms with Crippen molar-refractivity contribution in [3.63, 3.8) is 0 Å². The SMILES string of the molecule is CC[C@H]1CC(=O)C2C(OC(=O)C(c3ccccn3)N2OC)[C@H](C)C(OC2O[C@H](C)C[C@H](N(C)C)[C@H]2O)[C@](C)(OC)C[C@@H](C)C(=O)CC2N(N(C)Cc3cccnc3)C(=O)O[C@@]21C. The molecule has 0 aromatic carbocycles. The van der Waals surface area contributed by atoms with E-state index in [0.717, 1.165) is 5.56 Å². The van der Waals surface area contributed by atoms with Crippen LogP contribution in [0.15, 0.2) is 48.9 Å². The van der Waals surface area contributed by atoms with Crippen molar-refractivity contribution < 1.29 is 52.8 Å². The normalized spacial score (nSPS) is 37.7. The lowest BCUT2D eigenvalue weighted by atomic mass is 9.72. The summed E-state index contributed by atoms with van der Waals surface area (Å²) in [6, 6.07) is 5.27. The molecule has 1 N–H and O–H groups in total. The van der Waals surface area contributed by atoms with Crippen LogP contribution in [-0.4, -0.2) is 154 Å². The molecule has 4 fully saturated rings. The predicted molar refractivity (Wildman–Crippen MR) is 224 cm³/mol. The first-order chi connectivity index (χ1) is 29.4. The van der Waals surface area contributed by atoms with Crippen LogP contribution in [0.3, 0.4) is 0 Å². The van der Waals surface area contributed by atoms with Gasteiger partial charge in [-0.3, -0.25) is 19.6 Å². The average molecular weight is 867 g/mol. The van der Waals surface area contributed by atoms with Gasteiger partial charge in [0.25, 0.3) is 0 Å². The highest BCUT2D eigenvalue weighted by atomic mass is 16.7. The van der Waals surface area contributed by atoms with Gasteiger partial charge in [-0.2, -0.15) is 5.06 Å². The summed E-state index contributed by atoms with van der Waals surface area (Å²) in [7, 11) is 8.43. The molecule has 3 aliphatic heterocycles. The zero-order valence-corrected chi connectivity index (χ0v) is 38.0. The number of likely N-dealkylation sites (N-methyl/N-ethyl adjacent to an activating group) is 1. The molecule has 1 aliphatic carbocycles. The summed E-state index contributed by atoms with van der Waals surface area (Å²) in [5.41, 5.74) is -1.47. The second-order valence-corrected chi connectivity index (χ2v) is 18.2. The Morgan fingerprint density at radius 1 is 0.984 bits per heavy atom. The molecular weight excluding hydrogens is 801 g/mol. The van der Waals surface area contributed by atoms with E-state index in [0.29, 0.717) is 25.1 Å². The number of methoxy groups -OCH3 is 1. The number of Topliss-reactive ketones (excluding diaryl/α,β-unsaturated/α-hetero) is 2. The predicted octanol–water partition coefficient (Wildman–Crippen LogP) is 4.14. The number of aromatic nitrogens is 2. The maximum atomic E-state index is 15.4. The van der Waals surface area contributed by atoms with Gasteiger partial charge in [0.05, 0.1) is 36.7 Å². The Bertz CT molecular complexity index is 1880. The van der Waals surface area contributed by atoms with Gasteiger partial charge < -0.3 is 38.5 Å². The number of aliphatic hydroxyl groups excluding tert-OH is 1. The molecule has 4 aliphatic rings. The minimum absolute atomic E-state index is 0.0888. The number of hydroxylamine groups is 2. The lowest BCUT2D eigenvalue weighted by Gasteiger charge is -2.50. The second kappa shape index (κ2) is 19.4. The number of carbonyl (C=O) groups is 4. The molecule has 62 heavy (non-hydrogen) atoms. The molecule has 1 saturated carbocycles. The number of rotatable bonds is 10. The number of hydrogen-bond donors (Lipinski definition) is 1. The fraction of sp³-hybridized carbons (Fsp3) is 0.689. The Kier molecular flexibility index (Phi) is 14.9. The number of pyridine rings is 2. The molecule has 6 unspecified atom stereocenters. The number of aliphatic hydroxyl groups is 1. The molecule has 2 aromatic heterocycles. The van der Waals surface area contributed by atoms with Gasteiger partial charge >= 0.3 is 12.1 Å². The number of hydrogen-bond acceptors (Lipinski definition) is 16. The van der Waals surface area contributed by atoms with Crippen molar-refractivity contribution in [2.75, 3.05) is 35.4 Å². The molecule has 2 aromatic rings. The van der Waals surface area contributed by atoms with Crippen LogP contribution < -0.4 is 0 Å². The number of esters is 1. The van der Waals surface area contributed by atoms with Crippen molar-refractivity contribution in [3.8, 4) is 0 Å². The minimum atomic E-state index is -1.32. The number of amides is 1. The minimum Gasteiger partial charge on any atom is -0.458 e. The Morgan fingerprint density at radius 3 is 2.34 bits per heavy atom. The summed E-state index contributed by atoms with van der Waals surface area (Å²) < 4.78 is 32.3. The van der Waals surface area contributed by atoms with Crippen LogP contribution in [0, 0.1) is 17.8 Å². The van der Waals surface area contributed by atoms with Crippen LogP contribution in [0.4, 0.5) is 4.79 Å². The van der Waals surface area contributed by atoms with Crippen LogP contribution in [0.2, 0.25) is 0 Å². The summed E-state index contributed by atoms with van der Waals surface area (Å²) in [6.45, 7) is 11.3. The third kappa shape index (κ3) is 9.32. The second-order valence-electron chi connectivity index (χ2n) is 18.2. The fourth-order valence-electron chi connectivity index (χ4n) is 10.3. The molecule has 17 heteroatoms. The molecule has 342 valence electrons. The van der Waals surface area contributed by atoms with Crippen molar-refractivity contribution in [1.29, 1.82) is 0 Å². The van der Waals surface area contributed by atoms with E-state index in [4.69, 9.17) is 28.5 Å². The van der Waals surface area contributed by atoms with Crippen molar-refractivity contribution >= 4 is 23.6 Å². The van der Waals surface area contributed by atoms with Crippen LogP contribution in [0.5, 0.6) is 0 Å². The first-order valence-electron chi connectivity index (χ1n) is 21.7. The first kappa shape index (κ1) is 47.5. The van der Waals surface area contributed by atoms with Crippen molar-refractivity contribution in [3.05, 3.63) is 60.2 Å². The monoisotopic (exact) mass is 866 g/mol. The number of ether oxygens (including phenoxy) is 5. The lowest BCUT2D eigenvalue weighted by Crippen LogP contribution is -2.65. The maximum absolute atomic E-state index is 15.4. The van der Waals surface area contributed by atoms with Gasteiger partial charge in [-0.25, -0.2) is 19.6 Å². The molecule has 5 heterocycles. The van der Waals surface area contributed by atoms with E-state index in [-0.39, 0.29) is 43.0 Å². The summed E-state index contributed by atoms with van der Waals surface area (Å²) in [5, 5.41) is 16.3. The topological polar surface area (TPSA) is 183 Å². The highest BCUT2D eigenvalue weighted by molar-refractivity contribution is 5.89. The van der Waals surface area contributed by atoms with E-state index in [9.17, 15) is 19.5 Å². The van der Waals surface area contributed by atoms with E-state index < -0.39 is 83.7 Å². The van der Waals surface area contributed by atoms with E-state index in [1.165, 1.54) is 24.3 Å². The third-order valence-corrected chi connectivity index (χ3v) is 13.8. The Hall–Kier alpha value is -3.94. The Morgan fingerprint density at radius 2 is 1.73 bits per heavy atom. The van der Waals surface area contributed by atoms with Crippen LogP contribution in [0.1, 0.15) is 90.9 Å². The smallest absolute Gasteiger partial charge is 0.425 e. The highest BCUT2D eigenvalue weighted by Gasteiger charge is 2.60. The van der Waals surface area contributed by atoms with Gasteiger partial charge in [0.2, 0.25) is 0 Å². The number of ketones is 2. The van der Waals surface area contributed by atoms with Crippen LogP contribution >= 0.6 is 0 Å². The first-order valence-corrected chi connectivity index (χ1v) is 21.7. The van der Waals surface area contributed by atoms with E-state index in [1.807, 2.05) is 58.8 Å². The molecule has 3 saturated heterocycles. The van der Waals surface area contributed by atoms with Crippen molar-refractivity contribution in [1.82, 2.24) is 29.9 Å². The zero-order valence-electron chi connectivity index (χ0n) is 38.0. The van der Waals surface area contributed by atoms with Gasteiger partial charge in [0.1, 0.15) is 29.6 Å². The number of carbonyl (C=O) groups excluding carboxylic acids is 4. The average Bonchev–Trinajstić information content (AvgIpc) is 3.50. The number of fused-ring (bicyclic) bond motifs is 2. The van der Waals surface area contributed by atoms with Crippen LogP contribution in [-0.2, 0) is 49.5 Å². The Balaban J connectivity index is 1.49. The molecule has 0 bridgehead atoms. The summed E-state index contributed by atoms with van der Waals surface area (Å²) in [4.78, 5) is 75.2. The standard InChI is InChI=1S/C45H66N6O11/c1-12-30-21-34(53)37-39(60-41(55)36(51(37)58-11)31-17-13-14-19-47-31)28(4)40(61-42-38(54)32(48(7)8)20-27(3)59-42)44(5,57-10)23-26(2)33(52)22-35-45(30,6)62-43(56)50(35)49(9)25-29-16-15-18-46-24-29/h13-19,24,26-28,30,32,35-40,42,54H,12,20-23,25H2,1-11H3/t26-,27-,28+,30+,32+,35?,36?,37?,38-,39?,40?,42?,44-,45-/m1/s1. The quantitative estimate of drug-likeness (QED) is 0.336. The van der Waals surface area contributed by atoms with Crippen molar-refractivity contribution in [2.24, 2.45) is 17.8 Å². The van der Waals surface area contributed by atoms with E-state index in [2.05, 4.69) is 9.97 Å². The highest BCUT2D eigenvalue weighted by Crippen LogP contribution is 2.46. The van der Waals surface area contributed by atoms with Gasteiger partial charge in [-0.15, -0.1) is 0 Å². The fourth-order valence-corrected chi connectivity index (χ4v) is 10.3. The molecule has 0 radical (unpaired) electrons. The number of nitrogens with zero attached hydrogens (tertiary/aromatic N) is 6. The summed E-state index contributed by atoms with van der Waals surface area (Å²) >= 11 is 0. The summed E-state index contributed by atoms with van der Waals surface area (Å²) in [6.07, 6.45) is 0.339. The van der Waals surface area contributed by atoms with Gasteiger partial charge in [0.15, 0.2) is 18.1 Å². The van der Waals surface area contributed by atoms with Gasteiger partial charge in [-0.05, 0) is 77.9 Å². The van der Waals surface area contributed by atoms with Crippen molar-refractivity contribution in [2.45, 2.75) is 146 Å². The number of hydrazine groups is 1. The third-order valence-electron chi connectivity index (χ3n) is 13.8. The largest absolute Gasteiger partial charge is 0.458 e. The van der Waals surface area contributed by atoms with Gasteiger partial charge in [0, 0.05) is 75.9 Å². The molecule has 14 atom stereocenters. The Labute approximate surface area is 365 Å². The molecule has 0 spiro atoms. The van der Waals surface area contributed by atoms with Gasteiger partial charge in [-0.1, -0.05) is 32.9 Å². The molecular formula is C45H66N6O11. The summed E-state index contributed by atoms with van der Waals surface area (Å²) in [5.74, 6) is -3.30. The van der Waals surface area contributed by atoms with Crippen LogP contribution in [0.25, 0.3) is 0 Å². The molecule has 17 nitrogen and oxygen atoms in total.